The van der Waals surface area contributed by atoms with Gasteiger partial charge in [-0.1, -0.05) is 31.5 Å². The van der Waals surface area contributed by atoms with Crippen LogP contribution in [-0.4, -0.2) is 4.57 Å². The van der Waals surface area contributed by atoms with E-state index < -0.39 is 0 Å². The summed E-state index contributed by atoms with van der Waals surface area (Å²) in [6, 6.07) is 13.3. The molecule has 0 atom stereocenters. The number of ether oxygens (including phenoxy) is 1. The number of benzene rings is 1. The molecule has 0 spiro atoms. The number of para-hydroxylation sites is 1. The van der Waals surface area contributed by atoms with Crippen LogP contribution >= 0.6 is 0 Å². The van der Waals surface area contributed by atoms with Crippen molar-refractivity contribution in [3.8, 4) is 17.7 Å². The monoisotopic (exact) mass is 255 g/mol. The fraction of sp³-hybridized carbons (Fsp3) is 0.267. The van der Waals surface area contributed by atoms with E-state index in [2.05, 4.69) is 13.0 Å². The van der Waals surface area contributed by atoms with Crippen LogP contribution in [-0.2, 0) is 6.54 Å². The van der Waals surface area contributed by atoms with Crippen molar-refractivity contribution in [2.45, 2.75) is 26.3 Å². The number of anilines is 1. The van der Waals surface area contributed by atoms with Crippen molar-refractivity contribution in [1.29, 1.82) is 5.26 Å². The van der Waals surface area contributed by atoms with Gasteiger partial charge in [-0.3, -0.25) is 0 Å². The van der Waals surface area contributed by atoms with Crippen LogP contribution in [0.2, 0.25) is 0 Å². The zero-order valence-electron chi connectivity index (χ0n) is 11.0. The second kappa shape index (κ2) is 5.96. The molecule has 0 saturated carbocycles. The molecular weight excluding hydrogens is 238 g/mol. The molecule has 2 rings (SSSR count). The fourth-order valence-electron chi connectivity index (χ4n) is 1.90. The summed E-state index contributed by atoms with van der Waals surface area (Å²) in [7, 11) is 0. The van der Waals surface area contributed by atoms with Gasteiger partial charge in [0.15, 0.2) is 0 Å². The highest BCUT2D eigenvalue weighted by atomic mass is 16.5. The lowest BCUT2D eigenvalue weighted by atomic mass is 10.3. The maximum atomic E-state index is 9.14. The molecule has 0 saturated heterocycles. The number of aromatic nitrogens is 1. The molecule has 1 aromatic heterocycles. The minimum absolute atomic E-state index is 0.497. The highest BCUT2D eigenvalue weighted by molar-refractivity contribution is 5.56. The Balaban J connectivity index is 2.33. The van der Waals surface area contributed by atoms with E-state index in [0.29, 0.717) is 17.3 Å². The van der Waals surface area contributed by atoms with Crippen LogP contribution < -0.4 is 10.5 Å². The minimum atomic E-state index is 0.497. The Morgan fingerprint density at radius 1 is 1.32 bits per heavy atom. The average molecular weight is 255 g/mol. The Kier molecular flexibility index (Phi) is 4.09. The maximum absolute atomic E-state index is 9.14. The molecular formula is C15H17N3O. The number of unbranched alkanes of at least 4 members (excludes halogenated alkanes) is 1. The lowest BCUT2D eigenvalue weighted by molar-refractivity contribution is 0.425. The van der Waals surface area contributed by atoms with Crippen molar-refractivity contribution < 1.29 is 4.74 Å². The summed E-state index contributed by atoms with van der Waals surface area (Å²) in [5, 5.41) is 9.14. The van der Waals surface area contributed by atoms with Crippen LogP contribution in [0.1, 0.15) is 25.5 Å². The molecule has 2 N–H and O–H groups in total. The highest BCUT2D eigenvalue weighted by Crippen LogP contribution is 2.31. The molecule has 19 heavy (non-hydrogen) atoms. The zero-order chi connectivity index (χ0) is 13.7. The van der Waals surface area contributed by atoms with E-state index in [1.54, 1.807) is 6.07 Å². The Morgan fingerprint density at radius 2 is 2.05 bits per heavy atom. The first-order chi connectivity index (χ1) is 9.26. The Labute approximate surface area is 113 Å². The lowest BCUT2D eigenvalue weighted by Crippen LogP contribution is -2.03. The summed E-state index contributed by atoms with van der Waals surface area (Å²) >= 11 is 0. The molecule has 1 aromatic carbocycles. The number of hydrogen-bond donors (Lipinski definition) is 1. The average Bonchev–Trinajstić information content (AvgIpc) is 2.74. The molecule has 0 bridgehead atoms. The third kappa shape index (κ3) is 2.89. The first kappa shape index (κ1) is 13.0. The molecule has 2 aromatic rings. The topological polar surface area (TPSA) is 64.0 Å². The predicted octanol–water partition coefficient (Wildman–Crippen LogP) is 3.53. The van der Waals surface area contributed by atoms with Crippen molar-refractivity contribution in [2.75, 3.05) is 5.73 Å². The minimum Gasteiger partial charge on any atom is -0.439 e. The summed E-state index contributed by atoms with van der Waals surface area (Å²) in [5.74, 6) is 1.27. The van der Waals surface area contributed by atoms with Crippen molar-refractivity contribution in [3.63, 3.8) is 0 Å². The van der Waals surface area contributed by atoms with Gasteiger partial charge < -0.3 is 15.0 Å². The molecule has 4 nitrogen and oxygen atoms in total. The lowest BCUT2D eigenvalue weighted by Gasteiger charge is -2.11. The smallest absolute Gasteiger partial charge is 0.224 e. The van der Waals surface area contributed by atoms with E-state index in [4.69, 9.17) is 15.7 Å². The highest BCUT2D eigenvalue weighted by Gasteiger charge is 2.14. The molecule has 0 radical (unpaired) electrons. The first-order valence-electron chi connectivity index (χ1n) is 6.38. The molecule has 0 unspecified atom stereocenters. The Morgan fingerprint density at radius 3 is 2.68 bits per heavy atom. The van der Waals surface area contributed by atoms with E-state index in [-0.39, 0.29) is 0 Å². The SMILES string of the molecule is CCCCn1c(C#N)cc(N)c1Oc1ccccc1. The van der Waals surface area contributed by atoms with Gasteiger partial charge in [0.25, 0.3) is 0 Å². The van der Waals surface area contributed by atoms with Gasteiger partial charge in [0, 0.05) is 12.6 Å². The predicted molar refractivity (Wildman–Crippen MR) is 75.0 cm³/mol. The number of nitriles is 1. The van der Waals surface area contributed by atoms with Crippen LogP contribution in [0, 0.1) is 11.3 Å². The van der Waals surface area contributed by atoms with Gasteiger partial charge in [0.2, 0.25) is 5.88 Å². The maximum Gasteiger partial charge on any atom is 0.224 e. The van der Waals surface area contributed by atoms with Crippen LogP contribution in [0.15, 0.2) is 36.4 Å². The third-order valence-electron chi connectivity index (χ3n) is 2.88. The fourth-order valence-corrected chi connectivity index (χ4v) is 1.90. The van der Waals surface area contributed by atoms with Gasteiger partial charge in [-0.25, -0.2) is 0 Å². The number of hydrogen-bond acceptors (Lipinski definition) is 3. The summed E-state index contributed by atoms with van der Waals surface area (Å²) in [6.07, 6.45) is 2.03. The molecule has 0 aliphatic rings. The summed E-state index contributed by atoms with van der Waals surface area (Å²) in [6.45, 7) is 2.84. The van der Waals surface area contributed by atoms with Crippen LogP contribution in [0.25, 0.3) is 0 Å². The largest absolute Gasteiger partial charge is 0.439 e. The second-order valence-corrected chi connectivity index (χ2v) is 4.32. The second-order valence-electron chi connectivity index (χ2n) is 4.32. The van der Waals surface area contributed by atoms with Crippen molar-refractivity contribution >= 4 is 5.69 Å². The Hall–Kier alpha value is -2.41. The van der Waals surface area contributed by atoms with Crippen molar-refractivity contribution in [2.24, 2.45) is 0 Å². The first-order valence-corrected chi connectivity index (χ1v) is 6.38. The van der Waals surface area contributed by atoms with E-state index >= 15 is 0 Å². The van der Waals surface area contributed by atoms with Gasteiger partial charge >= 0.3 is 0 Å². The summed E-state index contributed by atoms with van der Waals surface area (Å²) < 4.78 is 7.65. The van der Waals surface area contributed by atoms with Gasteiger partial charge in [0.05, 0.1) is 5.69 Å². The van der Waals surface area contributed by atoms with E-state index in [9.17, 15) is 0 Å². The number of nitrogens with two attached hydrogens (primary N) is 1. The molecule has 4 heteroatoms. The number of nitrogens with zero attached hydrogens (tertiary/aromatic N) is 2. The summed E-state index contributed by atoms with van der Waals surface area (Å²) in [5.41, 5.74) is 6.98. The standard InChI is InChI=1S/C15H17N3O/c1-2-3-9-18-12(11-16)10-14(17)15(18)19-13-7-5-4-6-8-13/h4-8,10H,2-3,9,17H2,1H3. The van der Waals surface area contributed by atoms with E-state index in [1.165, 1.54) is 0 Å². The van der Waals surface area contributed by atoms with E-state index in [0.717, 1.165) is 25.1 Å². The zero-order valence-corrected chi connectivity index (χ0v) is 11.0. The van der Waals surface area contributed by atoms with Gasteiger partial charge in [0.1, 0.15) is 17.5 Å². The molecule has 0 aliphatic carbocycles. The Bertz CT molecular complexity index is 581. The van der Waals surface area contributed by atoms with Crippen LogP contribution in [0.3, 0.4) is 0 Å². The van der Waals surface area contributed by atoms with Gasteiger partial charge in [-0.05, 0) is 18.6 Å². The van der Waals surface area contributed by atoms with Gasteiger partial charge in [-0.2, -0.15) is 5.26 Å². The van der Waals surface area contributed by atoms with Crippen molar-refractivity contribution in [1.82, 2.24) is 4.57 Å². The normalized spacial score (nSPS) is 10.1. The van der Waals surface area contributed by atoms with Crippen molar-refractivity contribution in [3.05, 3.63) is 42.1 Å². The molecule has 0 fully saturated rings. The van der Waals surface area contributed by atoms with Crippen LogP contribution in [0.5, 0.6) is 11.6 Å². The summed E-state index contributed by atoms with van der Waals surface area (Å²) in [4.78, 5) is 0. The van der Waals surface area contributed by atoms with Crippen LogP contribution in [0.4, 0.5) is 5.69 Å². The quantitative estimate of drug-likeness (QED) is 0.888. The molecule has 0 amide bonds. The number of nitrogen functional groups attached to an aromatic ring is 1. The molecule has 0 aliphatic heterocycles. The molecule has 98 valence electrons. The number of rotatable bonds is 5. The third-order valence-corrected chi connectivity index (χ3v) is 2.88. The van der Waals surface area contributed by atoms with E-state index in [1.807, 2.05) is 34.9 Å². The molecule has 1 heterocycles. The van der Waals surface area contributed by atoms with Gasteiger partial charge in [-0.15, -0.1) is 0 Å².